The summed E-state index contributed by atoms with van der Waals surface area (Å²) in [5.74, 6) is -2.11. The van der Waals surface area contributed by atoms with Gasteiger partial charge in [-0.05, 0) is 25.7 Å². The summed E-state index contributed by atoms with van der Waals surface area (Å²) >= 11 is 0. The van der Waals surface area contributed by atoms with Gasteiger partial charge in [0.2, 0.25) is 0 Å². The van der Waals surface area contributed by atoms with Crippen LogP contribution in [0.1, 0.15) is 394 Å². The molecule has 0 saturated carbocycles. The lowest BCUT2D eigenvalue weighted by Crippen LogP contribution is -2.30. The molecule has 552 valence electrons. The van der Waals surface area contributed by atoms with E-state index >= 15 is 0 Å². The minimum Gasteiger partial charge on any atom is -0.462 e. The first-order valence-corrected chi connectivity index (χ1v) is 41.8. The van der Waals surface area contributed by atoms with Crippen LogP contribution in [0.3, 0.4) is 0 Å². The molecule has 0 bridgehead atoms. The van der Waals surface area contributed by atoms with Gasteiger partial charge in [-0.25, -0.2) is 9.13 Å². The molecule has 0 fully saturated rings. The fourth-order valence-corrected chi connectivity index (χ4v) is 13.0. The zero-order valence-electron chi connectivity index (χ0n) is 60.2. The van der Waals surface area contributed by atoms with E-state index in [1.807, 2.05) is 0 Å². The van der Waals surface area contributed by atoms with Crippen molar-refractivity contribution in [1.29, 1.82) is 0 Å². The first kappa shape index (κ1) is 91.1. The zero-order chi connectivity index (χ0) is 68.2. The monoisotopic (exact) mass is 1370 g/mol. The number of carbonyl (C=O) groups excluding carboxylic acids is 4. The maximum absolute atomic E-state index is 13.1. The Morgan fingerprint density at radius 3 is 0.634 bits per heavy atom. The zero-order valence-corrected chi connectivity index (χ0v) is 62.0. The summed E-state index contributed by atoms with van der Waals surface area (Å²) in [5.41, 5.74) is 0. The third-order valence-corrected chi connectivity index (χ3v) is 19.3. The Morgan fingerprint density at radius 1 is 0.258 bits per heavy atom. The first-order valence-electron chi connectivity index (χ1n) is 38.8. The van der Waals surface area contributed by atoms with E-state index in [1.54, 1.807) is 0 Å². The molecule has 0 rings (SSSR count). The van der Waals surface area contributed by atoms with Crippen LogP contribution < -0.4 is 0 Å². The molecule has 17 nitrogen and oxygen atoms in total. The first-order chi connectivity index (χ1) is 45.2. The number of rotatable bonds is 75. The molecule has 0 radical (unpaired) electrons. The Bertz CT molecular complexity index is 1770. The lowest BCUT2D eigenvalue weighted by Gasteiger charge is -2.21. The lowest BCUT2D eigenvalue weighted by atomic mass is 10.0. The molecule has 0 saturated heterocycles. The number of ether oxygens (including phenoxy) is 4. The van der Waals surface area contributed by atoms with Gasteiger partial charge in [-0.1, -0.05) is 342 Å². The number of aliphatic hydroxyl groups excluding tert-OH is 1. The second-order valence-corrected chi connectivity index (χ2v) is 29.6. The number of carbonyl (C=O) groups is 4. The Balaban J connectivity index is 5.20. The summed E-state index contributed by atoms with van der Waals surface area (Å²) in [6, 6.07) is 0. The summed E-state index contributed by atoms with van der Waals surface area (Å²) in [4.78, 5) is 72.6. The number of phosphoric ester groups is 2. The summed E-state index contributed by atoms with van der Waals surface area (Å²) in [5, 5.41) is 10.6. The van der Waals surface area contributed by atoms with Gasteiger partial charge in [-0.3, -0.25) is 37.3 Å². The number of hydrogen-bond acceptors (Lipinski definition) is 15. The predicted octanol–water partition coefficient (Wildman–Crippen LogP) is 21.8. The van der Waals surface area contributed by atoms with Crippen molar-refractivity contribution >= 4 is 39.5 Å². The number of esters is 4. The third kappa shape index (κ3) is 68.4. The molecule has 0 aromatic heterocycles. The van der Waals surface area contributed by atoms with Crippen LogP contribution >= 0.6 is 15.6 Å². The molecule has 0 amide bonds. The van der Waals surface area contributed by atoms with E-state index in [9.17, 15) is 43.2 Å². The van der Waals surface area contributed by atoms with Crippen LogP contribution in [0.25, 0.3) is 0 Å². The quantitative estimate of drug-likeness (QED) is 0.0222. The van der Waals surface area contributed by atoms with Gasteiger partial charge in [0, 0.05) is 25.7 Å². The number of unbranched alkanes of at least 4 members (excludes halogenated alkanes) is 49. The highest BCUT2D eigenvalue weighted by atomic mass is 31.2. The van der Waals surface area contributed by atoms with Gasteiger partial charge in [0.1, 0.15) is 19.3 Å². The van der Waals surface area contributed by atoms with Gasteiger partial charge in [0.15, 0.2) is 12.2 Å². The van der Waals surface area contributed by atoms with Crippen LogP contribution in [0.5, 0.6) is 0 Å². The number of hydrogen-bond donors (Lipinski definition) is 3. The Labute approximate surface area is 568 Å². The fourth-order valence-electron chi connectivity index (χ4n) is 11.4. The predicted molar refractivity (Wildman–Crippen MR) is 377 cm³/mol. The van der Waals surface area contributed by atoms with E-state index in [0.717, 1.165) is 89.9 Å². The standard InChI is InChI=1S/C74H144O17P2/c1-5-9-13-17-21-25-28-30-32-33-34-35-36-38-41-45-49-53-57-61-74(79)91-70(65-85-72(77)59-55-51-47-43-40-37-31-29-26-22-18-14-10-6-2)67-89-93(82,83)87-63-68(75)62-86-92(80,81)88-66-69(64-84-71(76)58-54-50-46-42-24-20-16-12-8-4)90-73(78)60-56-52-48-44-39-27-23-19-15-11-7-3/h68-70,75H,5-67H2,1-4H3,(H,80,81)(H,82,83)/t68-,69+,70+/m0/s1. The molecule has 0 aliphatic carbocycles. The van der Waals surface area contributed by atoms with E-state index in [2.05, 4.69) is 27.7 Å². The van der Waals surface area contributed by atoms with Gasteiger partial charge in [0.05, 0.1) is 26.4 Å². The van der Waals surface area contributed by atoms with Gasteiger partial charge in [0.25, 0.3) is 0 Å². The highest BCUT2D eigenvalue weighted by Gasteiger charge is 2.30. The average Bonchev–Trinajstić information content (AvgIpc) is 3.72. The maximum Gasteiger partial charge on any atom is 0.472 e. The van der Waals surface area contributed by atoms with Crippen LogP contribution in [0.15, 0.2) is 0 Å². The van der Waals surface area contributed by atoms with Gasteiger partial charge < -0.3 is 33.8 Å². The molecule has 93 heavy (non-hydrogen) atoms. The van der Waals surface area contributed by atoms with Gasteiger partial charge >= 0.3 is 39.5 Å². The highest BCUT2D eigenvalue weighted by Crippen LogP contribution is 2.45. The van der Waals surface area contributed by atoms with Crippen molar-refractivity contribution in [2.45, 2.75) is 412 Å². The minimum absolute atomic E-state index is 0.107. The molecule has 5 atom stereocenters. The van der Waals surface area contributed by atoms with E-state index in [1.165, 1.54) is 225 Å². The highest BCUT2D eigenvalue weighted by molar-refractivity contribution is 7.47. The molecule has 0 aromatic carbocycles. The lowest BCUT2D eigenvalue weighted by molar-refractivity contribution is -0.161. The van der Waals surface area contributed by atoms with Crippen LogP contribution in [-0.2, 0) is 65.4 Å². The molecule has 0 aromatic rings. The van der Waals surface area contributed by atoms with Crippen molar-refractivity contribution < 1.29 is 80.2 Å². The summed E-state index contributed by atoms with van der Waals surface area (Å²) in [6.07, 6.45) is 58.2. The van der Waals surface area contributed by atoms with E-state index in [4.69, 9.17) is 37.0 Å². The van der Waals surface area contributed by atoms with Crippen molar-refractivity contribution in [2.24, 2.45) is 0 Å². The largest absolute Gasteiger partial charge is 0.472 e. The molecular formula is C74H144O17P2. The molecule has 0 aliphatic heterocycles. The molecule has 0 spiro atoms. The van der Waals surface area contributed by atoms with Crippen molar-refractivity contribution in [1.82, 2.24) is 0 Å². The summed E-state index contributed by atoms with van der Waals surface area (Å²) < 4.78 is 68.4. The molecule has 0 heterocycles. The minimum atomic E-state index is -4.95. The van der Waals surface area contributed by atoms with Gasteiger partial charge in [-0.15, -0.1) is 0 Å². The maximum atomic E-state index is 13.1. The van der Waals surface area contributed by atoms with E-state index in [-0.39, 0.29) is 25.7 Å². The molecule has 0 aliphatic rings. The van der Waals surface area contributed by atoms with Crippen molar-refractivity contribution in [2.75, 3.05) is 39.6 Å². The molecule has 2 unspecified atom stereocenters. The van der Waals surface area contributed by atoms with Crippen LogP contribution in [0.4, 0.5) is 0 Å². The Morgan fingerprint density at radius 2 is 0.430 bits per heavy atom. The molecule has 19 heteroatoms. The smallest absolute Gasteiger partial charge is 0.462 e. The van der Waals surface area contributed by atoms with Crippen molar-refractivity contribution in [3.8, 4) is 0 Å². The van der Waals surface area contributed by atoms with Crippen molar-refractivity contribution in [3.05, 3.63) is 0 Å². The second kappa shape index (κ2) is 68.6. The van der Waals surface area contributed by atoms with Gasteiger partial charge in [-0.2, -0.15) is 0 Å². The SMILES string of the molecule is CCCCCCCCCCCCCCCCCCCCCC(=O)O[C@H](COC(=O)CCCCCCCCCCCCCCCC)COP(=O)(O)OC[C@@H](O)COP(=O)(O)OC[C@@H](COC(=O)CCCCCCCCCCC)OC(=O)CCCCCCCCCCCCC. The van der Waals surface area contributed by atoms with Crippen LogP contribution in [0.2, 0.25) is 0 Å². The fraction of sp³-hybridized carbons (Fsp3) is 0.946. The summed E-state index contributed by atoms with van der Waals surface area (Å²) in [6.45, 7) is 4.96. The van der Waals surface area contributed by atoms with Crippen molar-refractivity contribution in [3.63, 3.8) is 0 Å². The second-order valence-electron chi connectivity index (χ2n) is 26.7. The van der Waals surface area contributed by atoms with E-state index < -0.39 is 97.5 Å². The van der Waals surface area contributed by atoms with E-state index in [0.29, 0.717) is 25.7 Å². The normalized spacial score (nSPS) is 13.9. The number of phosphoric acid groups is 2. The summed E-state index contributed by atoms with van der Waals surface area (Å²) in [7, 11) is -9.90. The van der Waals surface area contributed by atoms with Crippen LogP contribution in [0, 0.1) is 0 Å². The molecule has 3 N–H and O–H groups in total. The number of aliphatic hydroxyl groups is 1. The third-order valence-electron chi connectivity index (χ3n) is 17.4. The Kier molecular flexibility index (Phi) is 67.1. The topological polar surface area (TPSA) is 237 Å². The van der Waals surface area contributed by atoms with Crippen LogP contribution in [-0.4, -0.2) is 96.7 Å². The molecular weight excluding hydrogens is 1220 g/mol. The Hall–Kier alpha value is -1.94. The average molecular weight is 1370 g/mol.